The maximum atomic E-state index is 6.22. The molecule has 2 heteroatoms. The number of hydrogen-bond donors (Lipinski definition) is 2. The molecule has 1 aliphatic heterocycles. The predicted octanol–water partition coefficient (Wildman–Crippen LogP) is 5.71. The van der Waals surface area contributed by atoms with E-state index in [0.717, 1.165) is 59.8 Å². The molecule has 0 aromatic heterocycles. The number of hydrogen-bond acceptors (Lipinski definition) is 2. The summed E-state index contributed by atoms with van der Waals surface area (Å²) < 4.78 is 0. The third kappa shape index (κ3) is 3.35. The molecule has 6 bridgehead atoms. The van der Waals surface area contributed by atoms with Gasteiger partial charge in [-0.15, -0.1) is 5.92 Å². The van der Waals surface area contributed by atoms with Gasteiger partial charge in [0.1, 0.15) is 0 Å². The van der Waals surface area contributed by atoms with Crippen LogP contribution in [0.1, 0.15) is 86.0 Å². The number of fused-ring (bicyclic) bond motifs is 5. The molecule has 1 saturated heterocycles. The monoisotopic (exact) mass is 424 g/mol. The average molecular weight is 425 g/mol. The van der Waals surface area contributed by atoms with E-state index in [-0.39, 0.29) is 0 Å². The summed E-state index contributed by atoms with van der Waals surface area (Å²) in [7, 11) is 0. The van der Waals surface area contributed by atoms with Crippen molar-refractivity contribution in [3.63, 3.8) is 0 Å². The van der Waals surface area contributed by atoms with Gasteiger partial charge in [-0.25, -0.2) is 0 Å². The Morgan fingerprint density at radius 2 is 1.68 bits per heavy atom. The largest absolute Gasteiger partial charge is 0.330 e. The minimum atomic E-state index is 0.459. The van der Waals surface area contributed by atoms with Gasteiger partial charge in [-0.1, -0.05) is 39.5 Å². The summed E-state index contributed by atoms with van der Waals surface area (Å²) in [6, 6.07) is 1.36. The van der Waals surface area contributed by atoms with Crippen LogP contribution in [0.2, 0.25) is 0 Å². The third-order valence-corrected chi connectivity index (χ3v) is 11.6. The fourth-order valence-corrected chi connectivity index (χ4v) is 10.5. The zero-order valence-corrected chi connectivity index (χ0v) is 20.9. The van der Waals surface area contributed by atoms with E-state index in [9.17, 15) is 0 Å². The van der Waals surface area contributed by atoms with E-state index in [1.54, 1.807) is 0 Å². The Bertz CT molecular complexity index is 712. The minimum Gasteiger partial charge on any atom is -0.330 e. The Labute approximate surface area is 192 Å². The molecule has 12 atom stereocenters. The van der Waals surface area contributed by atoms with Crippen molar-refractivity contribution in [3.8, 4) is 11.8 Å². The van der Waals surface area contributed by atoms with Gasteiger partial charge >= 0.3 is 0 Å². The molecular weight excluding hydrogens is 376 g/mol. The molecule has 2 nitrogen and oxygen atoms in total. The van der Waals surface area contributed by atoms with Gasteiger partial charge in [0.05, 0.1) is 0 Å². The fraction of sp³-hybridized carbons (Fsp3) is 0.931. The zero-order valence-electron chi connectivity index (χ0n) is 20.9. The molecule has 0 amide bonds. The van der Waals surface area contributed by atoms with Gasteiger partial charge in [0.2, 0.25) is 0 Å². The zero-order chi connectivity index (χ0) is 21.9. The fourth-order valence-electron chi connectivity index (χ4n) is 10.5. The van der Waals surface area contributed by atoms with Gasteiger partial charge in [0, 0.05) is 18.0 Å². The van der Waals surface area contributed by atoms with Crippen LogP contribution in [-0.4, -0.2) is 18.6 Å². The lowest BCUT2D eigenvalue weighted by Gasteiger charge is -2.46. The molecule has 0 aromatic rings. The lowest BCUT2D eigenvalue weighted by molar-refractivity contribution is 0.0510. The minimum absolute atomic E-state index is 0.459. The van der Waals surface area contributed by atoms with Gasteiger partial charge < -0.3 is 11.1 Å². The van der Waals surface area contributed by atoms with Crippen LogP contribution in [0.4, 0.5) is 0 Å². The highest BCUT2D eigenvalue weighted by Crippen LogP contribution is 2.65. The van der Waals surface area contributed by atoms with Crippen LogP contribution >= 0.6 is 0 Å². The van der Waals surface area contributed by atoms with Gasteiger partial charge in [-0.3, -0.25) is 0 Å². The van der Waals surface area contributed by atoms with Crippen molar-refractivity contribution in [2.45, 2.75) is 98.1 Å². The van der Waals surface area contributed by atoms with E-state index in [1.165, 1.54) is 51.4 Å². The summed E-state index contributed by atoms with van der Waals surface area (Å²) in [6.07, 6.45) is 11.2. The number of rotatable bonds is 2. The van der Waals surface area contributed by atoms with Crippen LogP contribution in [0.25, 0.3) is 0 Å². The van der Waals surface area contributed by atoms with Crippen molar-refractivity contribution in [2.75, 3.05) is 6.54 Å². The summed E-state index contributed by atoms with van der Waals surface area (Å²) in [6.45, 7) is 13.3. The van der Waals surface area contributed by atoms with Crippen LogP contribution < -0.4 is 11.1 Å². The maximum absolute atomic E-state index is 6.22. The summed E-state index contributed by atoms with van der Waals surface area (Å²) in [5, 5.41) is 4.22. The van der Waals surface area contributed by atoms with Crippen molar-refractivity contribution >= 4 is 0 Å². The van der Waals surface area contributed by atoms with Crippen molar-refractivity contribution < 1.29 is 0 Å². The molecule has 5 fully saturated rings. The lowest BCUT2D eigenvalue weighted by atomic mass is 9.58. The topological polar surface area (TPSA) is 38.0 Å². The SMILES string of the molecule is CC#CC1C2C3CC(CC(CCN)CC14CCCC4)C1C(C)NC(C1C)C2C(C)C3C. The van der Waals surface area contributed by atoms with Crippen LogP contribution in [-0.2, 0) is 0 Å². The predicted molar refractivity (Wildman–Crippen MR) is 130 cm³/mol. The van der Waals surface area contributed by atoms with Gasteiger partial charge in [0.25, 0.3) is 0 Å². The first-order valence-electron chi connectivity index (χ1n) is 13.8. The molecule has 1 heterocycles. The molecule has 12 unspecified atom stereocenters. The van der Waals surface area contributed by atoms with Gasteiger partial charge in [0.15, 0.2) is 0 Å². The second kappa shape index (κ2) is 8.36. The molecule has 31 heavy (non-hydrogen) atoms. The van der Waals surface area contributed by atoms with E-state index < -0.39 is 0 Å². The Balaban J connectivity index is 1.68. The molecule has 1 spiro atoms. The van der Waals surface area contributed by atoms with E-state index in [4.69, 9.17) is 5.73 Å². The van der Waals surface area contributed by atoms with Gasteiger partial charge in [-0.05, 0) is 118 Å². The van der Waals surface area contributed by atoms with Crippen molar-refractivity contribution in [2.24, 2.45) is 70.3 Å². The van der Waals surface area contributed by atoms with Crippen molar-refractivity contribution in [1.82, 2.24) is 5.32 Å². The van der Waals surface area contributed by atoms with Crippen LogP contribution in [0, 0.1) is 76.4 Å². The highest BCUT2D eigenvalue weighted by atomic mass is 15.0. The van der Waals surface area contributed by atoms with Crippen LogP contribution in [0.15, 0.2) is 0 Å². The standard InChI is InChI=1S/C29H48N2/c1-6-9-24-27-23-15-22(14-21(10-13-30)16-29(24)11-7-8-12-29)25-19(4)28(31-20(25)5)26(27)18(3)17(23)2/h17-28,31H,7-8,10-16,30H2,1-5H3. The second-order valence-electron chi connectivity index (χ2n) is 12.8. The van der Waals surface area contributed by atoms with Crippen LogP contribution in [0.5, 0.6) is 0 Å². The van der Waals surface area contributed by atoms with E-state index in [1.807, 2.05) is 0 Å². The van der Waals surface area contributed by atoms with Crippen LogP contribution in [0.3, 0.4) is 0 Å². The van der Waals surface area contributed by atoms with E-state index in [0.29, 0.717) is 23.4 Å². The molecule has 5 rings (SSSR count). The molecule has 0 radical (unpaired) electrons. The summed E-state index contributed by atoms with van der Waals surface area (Å²) in [5.41, 5.74) is 6.68. The first kappa shape index (κ1) is 22.3. The van der Waals surface area contributed by atoms with E-state index in [2.05, 4.69) is 51.8 Å². The molecular formula is C29H48N2. The second-order valence-corrected chi connectivity index (χ2v) is 12.8. The molecule has 4 saturated carbocycles. The summed E-state index contributed by atoms with van der Waals surface area (Å²) in [5.74, 6) is 15.5. The normalized spacial score (nSPS) is 52.7. The van der Waals surface area contributed by atoms with Gasteiger partial charge in [-0.2, -0.15) is 0 Å². The Hall–Kier alpha value is -0.520. The average Bonchev–Trinajstić information content (AvgIpc) is 3.38. The van der Waals surface area contributed by atoms with Crippen molar-refractivity contribution in [3.05, 3.63) is 0 Å². The molecule has 0 aromatic carbocycles. The first-order valence-corrected chi connectivity index (χ1v) is 13.8. The first-order chi connectivity index (χ1) is 14.9. The number of nitrogens with two attached hydrogens (primary N) is 1. The molecule has 4 aliphatic carbocycles. The number of nitrogens with one attached hydrogen (secondary N) is 1. The third-order valence-electron chi connectivity index (χ3n) is 11.6. The van der Waals surface area contributed by atoms with Crippen molar-refractivity contribution in [1.29, 1.82) is 0 Å². The maximum Gasteiger partial charge on any atom is 0.0293 e. The quantitative estimate of drug-likeness (QED) is 0.557. The highest BCUT2D eigenvalue weighted by Gasteiger charge is 2.62. The summed E-state index contributed by atoms with van der Waals surface area (Å²) in [4.78, 5) is 0. The molecule has 174 valence electrons. The Morgan fingerprint density at radius 1 is 0.935 bits per heavy atom. The smallest absolute Gasteiger partial charge is 0.0293 e. The molecule has 3 N–H and O–H groups in total. The van der Waals surface area contributed by atoms with E-state index >= 15 is 0 Å². The Kier molecular flexibility index (Phi) is 6.01. The lowest BCUT2D eigenvalue weighted by Crippen LogP contribution is -2.46. The summed E-state index contributed by atoms with van der Waals surface area (Å²) >= 11 is 0. The highest BCUT2D eigenvalue weighted by molar-refractivity contribution is 5.19. The molecule has 5 aliphatic rings. The Morgan fingerprint density at radius 3 is 2.35 bits per heavy atom.